The van der Waals surface area contributed by atoms with E-state index in [9.17, 15) is 13.6 Å². The molecule has 2 rings (SSSR count). The van der Waals surface area contributed by atoms with Gasteiger partial charge >= 0.3 is 0 Å². The van der Waals surface area contributed by atoms with E-state index in [0.717, 1.165) is 6.20 Å². The summed E-state index contributed by atoms with van der Waals surface area (Å²) >= 11 is 0. The van der Waals surface area contributed by atoms with Crippen LogP contribution >= 0.6 is 0 Å². The monoisotopic (exact) mass is 291 g/mol. The van der Waals surface area contributed by atoms with Gasteiger partial charge in [0.2, 0.25) is 0 Å². The Balaban J connectivity index is 2.28. The third-order valence-electron chi connectivity index (χ3n) is 2.69. The number of nitrogens with one attached hydrogen (secondary N) is 2. The van der Waals surface area contributed by atoms with E-state index >= 15 is 0 Å². The summed E-state index contributed by atoms with van der Waals surface area (Å²) in [7, 11) is 0. The average molecular weight is 291 g/mol. The molecule has 4 nitrogen and oxygen atoms in total. The Morgan fingerprint density at radius 3 is 2.62 bits per heavy atom. The van der Waals surface area contributed by atoms with E-state index in [4.69, 9.17) is 0 Å². The van der Waals surface area contributed by atoms with Gasteiger partial charge in [0, 0.05) is 12.2 Å². The van der Waals surface area contributed by atoms with Crippen molar-refractivity contribution in [3.8, 4) is 0 Å². The molecule has 1 aromatic carbocycles. The highest BCUT2D eigenvalue weighted by Crippen LogP contribution is 2.24. The molecule has 0 atom stereocenters. The molecule has 110 valence electrons. The predicted molar refractivity (Wildman–Crippen MR) is 77.3 cm³/mol. The fourth-order valence-corrected chi connectivity index (χ4v) is 1.81. The van der Waals surface area contributed by atoms with Crippen molar-refractivity contribution in [3.63, 3.8) is 0 Å². The van der Waals surface area contributed by atoms with E-state index in [1.807, 2.05) is 13.8 Å². The van der Waals surface area contributed by atoms with Gasteiger partial charge in [0.15, 0.2) is 5.82 Å². The van der Waals surface area contributed by atoms with Crippen LogP contribution in [0, 0.1) is 11.6 Å². The van der Waals surface area contributed by atoms with Gasteiger partial charge in [-0.3, -0.25) is 9.78 Å². The molecular formula is C15H15F2N3O. The number of hydrogen-bond donors (Lipinski definition) is 2. The minimum absolute atomic E-state index is 0.101. The maximum Gasteiger partial charge on any atom is 0.258 e. The zero-order chi connectivity index (χ0) is 15.4. The molecule has 0 saturated carbocycles. The second-order valence-electron chi connectivity index (χ2n) is 4.80. The zero-order valence-corrected chi connectivity index (χ0v) is 11.7. The molecule has 0 saturated heterocycles. The van der Waals surface area contributed by atoms with Gasteiger partial charge in [-0.1, -0.05) is 0 Å². The van der Waals surface area contributed by atoms with Gasteiger partial charge < -0.3 is 10.6 Å². The fraction of sp³-hybridized carbons (Fsp3) is 0.200. The largest absolute Gasteiger partial charge is 0.381 e. The van der Waals surface area contributed by atoms with Crippen molar-refractivity contribution in [1.82, 2.24) is 4.98 Å². The summed E-state index contributed by atoms with van der Waals surface area (Å²) in [5.41, 5.74) is 0.670. The van der Waals surface area contributed by atoms with E-state index in [0.29, 0.717) is 5.69 Å². The number of anilines is 2. The van der Waals surface area contributed by atoms with Gasteiger partial charge in [-0.2, -0.15) is 0 Å². The minimum atomic E-state index is -0.732. The van der Waals surface area contributed by atoms with Gasteiger partial charge in [-0.05, 0) is 38.1 Å². The standard InChI is InChI=1S/C15H15F2N3O/c1-9(2)19-13-4-3-10(16)7-14(13)20-15(21)11-5-6-18-8-12(11)17/h3-9,19H,1-2H3,(H,20,21). The Morgan fingerprint density at radius 2 is 1.95 bits per heavy atom. The second-order valence-corrected chi connectivity index (χ2v) is 4.80. The van der Waals surface area contributed by atoms with Crippen LogP contribution in [0.3, 0.4) is 0 Å². The number of rotatable bonds is 4. The average Bonchev–Trinajstić information content (AvgIpc) is 2.42. The van der Waals surface area contributed by atoms with Gasteiger partial charge in [-0.15, -0.1) is 0 Å². The lowest BCUT2D eigenvalue weighted by Gasteiger charge is -2.15. The molecule has 2 aromatic rings. The normalized spacial score (nSPS) is 10.5. The number of carbonyl (C=O) groups is 1. The van der Waals surface area contributed by atoms with E-state index in [1.165, 1.54) is 30.5 Å². The molecule has 1 aromatic heterocycles. The molecule has 0 radical (unpaired) electrons. The van der Waals surface area contributed by atoms with E-state index < -0.39 is 17.5 Å². The van der Waals surface area contributed by atoms with Crippen LogP contribution in [0.1, 0.15) is 24.2 Å². The number of aromatic nitrogens is 1. The van der Waals surface area contributed by atoms with Crippen molar-refractivity contribution in [1.29, 1.82) is 0 Å². The van der Waals surface area contributed by atoms with Crippen LogP contribution in [0.4, 0.5) is 20.2 Å². The molecule has 0 bridgehead atoms. The van der Waals surface area contributed by atoms with Gasteiger partial charge in [0.25, 0.3) is 5.91 Å². The molecule has 6 heteroatoms. The molecule has 1 amide bonds. The number of carbonyl (C=O) groups excluding carboxylic acids is 1. The summed E-state index contributed by atoms with van der Waals surface area (Å²) in [4.78, 5) is 15.6. The first-order chi connectivity index (χ1) is 9.97. The first-order valence-corrected chi connectivity index (χ1v) is 6.44. The second kappa shape index (κ2) is 6.30. The maximum atomic E-state index is 13.5. The van der Waals surface area contributed by atoms with E-state index in [1.54, 1.807) is 0 Å². The third-order valence-corrected chi connectivity index (χ3v) is 2.69. The molecule has 0 aliphatic heterocycles. The lowest BCUT2D eigenvalue weighted by molar-refractivity contribution is 0.102. The molecule has 21 heavy (non-hydrogen) atoms. The van der Waals surface area contributed by atoms with E-state index in [-0.39, 0.29) is 17.3 Å². The van der Waals surface area contributed by atoms with Crippen LogP contribution in [-0.2, 0) is 0 Å². The van der Waals surface area contributed by atoms with Crippen LogP contribution in [0.5, 0.6) is 0 Å². The number of amides is 1. The van der Waals surface area contributed by atoms with Gasteiger partial charge in [-0.25, -0.2) is 8.78 Å². The van der Waals surface area contributed by atoms with Crippen molar-refractivity contribution in [3.05, 3.63) is 53.9 Å². The number of hydrogen-bond acceptors (Lipinski definition) is 3. The lowest BCUT2D eigenvalue weighted by atomic mass is 10.2. The topological polar surface area (TPSA) is 54.0 Å². The summed E-state index contributed by atoms with van der Waals surface area (Å²) in [6.07, 6.45) is 2.27. The minimum Gasteiger partial charge on any atom is -0.381 e. The molecule has 0 fully saturated rings. The molecule has 0 aliphatic rings. The van der Waals surface area contributed by atoms with Crippen molar-refractivity contribution >= 4 is 17.3 Å². The number of halogens is 2. The SMILES string of the molecule is CC(C)Nc1ccc(F)cc1NC(=O)c1ccncc1F. The first kappa shape index (κ1) is 14.9. The summed E-state index contributed by atoms with van der Waals surface area (Å²) in [6.45, 7) is 3.83. The first-order valence-electron chi connectivity index (χ1n) is 6.44. The Labute approximate surface area is 121 Å². The number of nitrogens with zero attached hydrogens (tertiary/aromatic N) is 1. The molecule has 0 spiro atoms. The van der Waals surface area contributed by atoms with Crippen molar-refractivity contribution < 1.29 is 13.6 Å². The van der Waals surface area contributed by atoms with E-state index in [2.05, 4.69) is 15.6 Å². The molecule has 0 aliphatic carbocycles. The third kappa shape index (κ3) is 3.75. The van der Waals surface area contributed by atoms with Crippen LogP contribution in [0.2, 0.25) is 0 Å². The lowest BCUT2D eigenvalue weighted by Crippen LogP contribution is -2.17. The zero-order valence-electron chi connectivity index (χ0n) is 11.7. The number of benzene rings is 1. The summed E-state index contributed by atoms with van der Waals surface area (Å²) in [5.74, 6) is -1.88. The highest BCUT2D eigenvalue weighted by atomic mass is 19.1. The summed E-state index contributed by atoms with van der Waals surface area (Å²) in [6, 6.07) is 5.35. The quantitative estimate of drug-likeness (QED) is 0.907. The summed E-state index contributed by atoms with van der Waals surface area (Å²) < 4.78 is 26.9. The van der Waals surface area contributed by atoms with Crippen LogP contribution in [0.15, 0.2) is 36.7 Å². The highest BCUT2D eigenvalue weighted by molar-refractivity contribution is 6.06. The summed E-state index contributed by atoms with van der Waals surface area (Å²) in [5, 5.41) is 5.59. The Morgan fingerprint density at radius 1 is 1.19 bits per heavy atom. The fourth-order valence-electron chi connectivity index (χ4n) is 1.81. The van der Waals surface area contributed by atoms with Crippen LogP contribution < -0.4 is 10.6 Å². The molecular weight excluding hydrogens is 276 g/mol. The Bertz CT molecular complexity index is 659. The number of pyridine rings is 1. The smallest absolute Gasteiger partial charge is 0.258 e. The van der Waals surface area contributed by atoms with Crippen molar-refractivity contribution in [2.24, 2.45) is 0 Å². The van der Waals surface area contributed by atoms with Crippen LogP contribution in [-0.4, -0.2) is 16.9 Å². The van der Waals surface area contributed by atoms with Crippen LogP contribution in [0.25, 0.3) is 0 Å². The molecule has 0 unspecified atom stereocenters. The van der Waals surface area contributed by atoms with Crippen molar-refractivity contribution in [2.75, 3.05) is 10.6 Å². The Hall–Kier alpha value is -2.50. The Kier molecular flexibility index (Phi) is 4.47. The predicted octanol–water partition coefficient (Wildman–Crippen LogP) is 3.43. The van der Waals surface area contributed by atoms with Crippen molar-refractivity contribution in [2.45, 2.75) is 19.9 Å². The highest BCUT2D eigenvalue weighted by Gasteiger charge is 2.14. The van der Waals surface area contributed by atoms with Gasteiger partial charge in [0.1, 0.15) is 5.82 Å². The molecule has 1 heterocycles. The maximum absolute atomic E-state index is 13.5. The van der Waals surface area contributed by atoms with Gasteiger partial charge in [0.05, 0.1) is 23.1 Å². The molecule has 2 N–H and O–H groups in total.